The number of carbonyl (C=O) groups is 1. The van der Waals surface area contributed by atoms with Crippen molar-refractivity contribution in [3.63, 3.8) is 0 Å². The maximum atomic E-state index is 11.5. The molecule has 1 aromatic heterocycles. The van der Waals surface area contributed by atoms with Crippen molar-refractivity contribution in [2.75, 3.05) is 19.5 Å². The van der Waals surface area contributed by atoms with Crippen molar-refractivity contribution in [2.45, 2.75) is 38.6 Å². The Labute approximate surface area is 235 Å². The van der Waals surface area contributed by atoms with Crippen molar-refractivity contribution in [2.24, 2.45) is 0 Å². The van der Waals surface area contributed by atoms with Gasteiger partial charge in [-0.2, -0.15) is 5.10 Å². The van der Waals surface area contributed by atoms with Gasteiger partial charge in [-0.15, -0.1) is 0 Å². The molecule has 0 bridgehead atoms. The highest BCUT2D eigenvalue weighted by molar-refractivity contribution is 5.78. The molecule has 4 rings (SSSR count). The molecule has 1 atom stereocenters. The maximum Gasteiger partial charge on any atom is 0.326 e. The van der Waals surface area contributed by atoms with Crippen molar-refractivity contribution < 1.29 is 19.4 Å². The highest BCUT2D eigenvalue weighted by Crippen LogP contribution is 2.32. The Morgan fingerprint density at radius 3 is 2.50 bits per heavy atom. The summed E-state index contributed by atoms with van der Waals surface area (Å²) in [6, 6.07) is 14.8. The van der Waals surface area contributed by atoms with Gasteiger partial charge in [-0.25, -0.2) is 9.48 Å². The molecule has 0 saturated heterocycles. The second kappa shape index (κ2) is 12.9. The third kappa shape index (κ3) is 6.46. The van der Waals surface area contributed by atoms with Crippen molar-refractivity contribution in [1.29, 1.82) is 0 Å². The number of nitrogens with one attached hydrogen (secondary N) is 2. The molecule has 0 amide bonds. The molecule has 0 aliphatic carbocycles. The van der Waals surface area contributed by atoms with E-state index in [1.807, 2.05) is 60.1 Å². The molecule has 1 aliphatic heterocycles. The molecule has 208 valence electrons. The summed E-state index contributed by atoms with van der Waals surface area (Å²) in [4.78, 5) is 11.5. The van der Waals surface area contributed by atoms with Crippen LogP contribution in [0.2, 0.25) is 0 Å². The Morgan fingerprint density at radius 2 is 1.82 bits per heavy atom. The molecule has 3 aromatic rings. The highest BCUT2D eigenvalue weighted by Gasteiger charge is 2.18. The van der Waals surface area contributed by atoms with E-state index in [4.69, 9.17) is 14.6 Å². The second-order valence-electron chi connectivity index (χ2n) is 9.50. The SMILES string of the molecule is C=C(N[C@@H](CCC)C(=O)O)c1ccc(NC(=C)c2cc3n(n2)/C(c2ccc(OC)c(OC)c2)=C\C=C/CC3)cc1. The average Bonchev–Trinajstić information content (AvgIpc) is 3.36. The number of carboxylic acids is 1. The van der Waals surface area contributed by atoms with Crippen LogP contribution in [0.3, 0.4) is 0 Å². The molecule has 0 unspecified atom stereocenters. The lowest BCUT2D eigenvalue weighted by Crippen LogP contribution is -2.35. The molecule has 3 N–H and O–H groups in total. The molecule has 40 heavy (non-hydrogen) atoms. The van der Waals surface area contributed by atoms with Crippen molar-refractivity contribution in [3.05, 3.63) is 102 Å². The number of carboxylic acid groups (broad SMARTS) is 1. The number of allylic oxidation sites excluding steroid dienone is 3. The van der Waals surface area contributed by atoms with E-state index in [0.29, 0.717) is 29.3 Å². The minimum atomic E-state index is -0.883. The quantitative estimate of drug-likeness (QED) is 0.252. The van der Waals surface area contributed by atoms with Gasteiger partial charge in [0.05, 0.1) is 25.6 Å². The van der Waals surface area contributed by atoms with Crippen LogP contribution in [0.15, 0.2) is 79.9 Å². The van der Waals surface area contributed by atoms with Crippen LogP contribution < -0.4 is 20.1 Å². The fourth-order valence-electron chi connectivity index (χ4n) is 4.56. The molecule has 2 heterocycles. The summed E-state index contributed by atoms with van der Waals surface area (Å²) in [5.74, 6) is 0.434. The molecule has 8 nitrogen and oxygen atoms in total. The topological polar surface area (TPSA) is 97.6 Å². The van der Waals surface area contributed by atoms with E-state index < -0.39 is 12.0 Å². The molecular weight excluding hydrogens is 504 g/mol. The molecule has 2 aromatic carbocycles. The zero-order valence-electron chi connectivity index (χ0n) is 23.2. The van der Waals surface area contributed by atoms with E-state index in [-0.39, 0.29) is 0 Å². The monoisotopic (exact) mass is 540 g/mol. The number of nitrogens with zero attached hydrogens (tertiary/aromatic N) is 2. The van der Waals surface area contributed by atoms with Gasteiger partial charge in [0.2, 0.25) is 0 Å². The Balaban J connectivity index is 1.52. The van der Waals surface area contributed by atoms with E-state index in [9.17, 15) is 9.90 Å². The lowest BCUT2D eigenvalue weighted by atomic mass is 10.1. The summed E-state index contributed by atoms with van der Waals surface area (Å²) < 4.78 is 12.9. The predicted molar refractivity (Wildman–Crippen MR) is 160 cm³/mol. The fourth-order valence-corrected chi connectivity index (χ4v) is 4.56. The van der Waals surface area contributed by atoms with E-state index in [0.717, 1.165) is 53.2 Å². The molecule has 1 aliphatic rings. The van der Waals surface area contributed by atoms with Crippen LogP contribution in [-0.4, -0.2) is 41.1 Å². The van der Waals surface area contributed by atoms with E-state index in [1.54, 1.807) is 14.2 Å². The molecule has 8 heteroatoms. The van der Waals surface area contributed by atoms with Crippen LogP contribution in [-0.2, 0) is 11.2 Å². The van der Waals surface area contributed by atoms with Gasteiger partial charge in [-0.3, -0.25) is 0 Å². The van der Waals surface area contributed by atoms with Gasteiger partial charge >= 0.3 is 5.97 Å². The summed E-state index contributed by atoms with van der Waals surface area (Å²) >= 11 is 0. The standard InChI is InChI=1S/C32H36N4O4/c1-6-10-27(32(37)38)34-21(2)23-13-16-25(17-14-23)33-22(3)28-20-26-11-8-7-9-12-29(36(26)35-28)24-15-18-30(39-4)31(19-24)40-5/h7,9,12-20,27,33-34H,2-3,6,8,10-11H2,1,4-5H3,(H,37,38)/b9-7-,29-12-/t27-/m0/s1. The minimum absolute atomic E-state index is 0.529. The van der Waals surface area contributed by atoms with Crippen LogP contribution in [0, 0.1) is 0 Å². The third-order valence-electron chi connectivity index (χ3n) is 6.71. The Kier molecular flexibility index (Phi) is 9.11. The zero-order chi connectivity index (χ0) is 28.6. The molecule has 0 radical (unpaired) electrons. The van der Waals surface area contributed by atoms with E-state index >= 15 is 0 Å². The van der Waals surface area contributed by atoms with Gasteiger partial charge in [0.15, 0.2) is 11.5 Å². The first-order valence-corrected chi connectivity index (χ1v) is 13.3. The largest absolute Gasteiger partial charge is 0.493 e. The zero-order valence-corrected chi connectivity index (χ0v) is 23.2. The van der Waals surface area contributed by atoms with Gasteiger partial charge in [0.1, 0.15) is 11.7 Å². The maximum absolute atomic E-state index is 11.5. The number of benzene rings is 2. The van der Waals surface area contributed by atoms with E-state index in [1.165, 1.54) is 0 Å². The minimum Gasteiger partial charge on any atom is -0.493 e. The lowest BCUT2D eigenvalue weighted by molar-refractivity contribution is -0.139. The highest BCUT2D eigenvalue weighted by atomic mass is 16.5. The summed E-state index contributed by atoms with van der Waals surface area (Å²) in [6.07, 6.45) is 9.28. The Hall–Kier alpha value is -4.72. The summed E-state index contributed by atoms with van der Waals surface area (Å²) in [5.41, 5.74) is 6.57. The van der Waals surface area contributed by atoms with Crippen LogP contribution in [0.4, 0.5) is 5.69 Å². The summed E-state index contributed by atoms with van der Waals surface area (Å²) in [6.45, 7) is 10.2. The van der Waals surface area contributed by atoms with Crippen LogP contribution in [0.5, 0.6) is 11.5 Å². The summed E-state index contributed by atoms with van der Waals surface area (Å²) in [5, 5.41) is 20.7. The van der Waals surface area contributed by atoms with Gasteiger partial charge in [-0.05, 0) is 67.3 Å². The number of ether oxygens (including phenoxy) is 2. The van der Waals surface area contributed by atoms with Crippen LogP contribution in [0.1, 0.15) is 48.7 Å². The number of hydrogen-bond acceptors (Lipinski definition) is 6. The number of fused-ring (bicyclic) bond motifs is 1. The molecule has 0 fully saturated rings. The Morgan fingerprint density at radius 1 is 1.07 bits per heavy atom. The van der Waals surface area contributed by atoms with Gasteiger partial charge in [-0.1, -0.05) is 50.8 Å². The van der Waals surface area contributed by atoms with Crippen LogP contribution >= 0.6 is 0 Å². The first-order valence-electron chi connectivity index (χ1n) is 13.3. The number of rotatable bonds is 12. The molecular formula is C32H36N4O4. The average molecular weight is 541 g/mol. The number of aromatic nitrogens is 2. The second-order valence-corrected chi connectivity index (χ2v) is 9.50. The first kappa shape index (κ1) is 28.3. The van der Waals surface area contributed by atoms with Crippen molar-refractivity contribution in [3.8, 4) is 11.5 Å². The predicted octanol–water partition coefficient (Wildman–Crippen LogP) is 6.19. The Bertz CT molecular complexity index is 1450. The van der Waals surface area contributed by atoms with Crippen LogP contribution in [0.25, 0.3) is 17.1 Å². The first-order chi connectivity index (χ1) is 19.3. The fraction of sp³-hybridized carbons (Fsp3) is 0.250. The lowest BCUT2D eigenvalue weighted by Gasteiger charge is -2.17. The number of methoxy groups -OCH3 is 2. The molecule has 0 spiro atoms. The van der Waals surface area contributed by atoms with Crippen molar-refractivity contribution in [1.82, 2.24) is 15.1 Å². The summed E-state index contributed by atoms with van der Waals surface area (Å²) in [7, 11) is 3.24. The van der Waals surface area contributed by atoms with Crippen molar-refractivity contribution >= 4 is 28.7 Å². The number of aliphatic carboxylic acids is 1. The molecule has 0 saturated carbocycles. The smallest absolute Gasteiger partial charge is 0.326 e. The number of anilines is 1. The number of hydrogen-bond donors (Lipinski definition) is 3. The third-order valence-corrected chi connectivity index (χ3v) is 6.71. The van der Waals surface area contributed by atoms with Gasteiger partial charge < -0.3 is 25.2 Å². The normalized spacial score (nSPS) is 15.3. The van der Waals surface area contributed by atoms with Gasteiger partial charge in [0, 0.05) is 22.6 Å². The van der Waals surface area contributed by atoms with E-state index in [2.05, 4.69) is 42.0 Å². The van der Waals surface area contributed by atoms with Gasteiger partial charge in [0.25, 0.3) is 0 Å². The number of aryl methyl sites for hydroxylation is 1.